The van der Waals surface area contributed by atoms with E-state index in [1.54, 1.807) is 0 Å². The maximum atomic E-state index is 7.75. The highest BCUT2D eigenvalue weighted by Gasteiger charge is 2.50. The van der Waals surface area contributed by atoms with Crippen molar-refractivity contribution in [3.05, 3.63) is 285 Å². The minimum absolute atomic E-state index is 0.164. The minimum atomic E-state index is -0.327. The van der Waals surface area contributed by atoms with Crippen molar-refractivity contribution in [3.63, 3.8) is 0 Å². The summed E-state index contributed by atoms with van der Waals surface area (Å²) in [5, 5.41) is 2.01. The Morgan fingerprint density at radius 3 is 1.13 bits per heavy atom. The molecule has 0 atom stereocenters. The van der Waals surface area contributed by atoms with Crippen LogP contribution in [0.4, 0.5) is 0 Å². The van der Waals surface area contributed by atoms with Gasteiger partial charge in [0, 0.05) is 21.7 Å². The quantitative estimate of drug-likeness (QED) is 0.156. The van der Waals surface area contributed by atoms with Crippen molar-refractivity contribution in [1.82, 2.24) is 0 Å². The van der Waals surface area contributed by atoms with Gasteiger partial charge in [0.05, 0.1) is 0 Å². The van der Waals surface area contributed by atoms with Crippen LogP contribution in [0.15, 0.2) is 290 Å². The Bertz CT molecular complexity index is 5230. The molecule has 6 nitrogen and oxygen atoms in total. The molecule has 0 radical (unpaired) electrons. The molecule has 14 aromatic rings. The molecule has 6 heterocycles. The van der Waals surface area contributed by atoms with E-state index in [1.807, 2.05) is 12.1 Å². The lowest BCUT2D eigenvalue weighted by Gasteiger charge is -2.40. The Morgan fingerprint density at radius 1 is 0.225 bits per heavy atom. The highest BCUT2D eigenvalue weighted by Crippen LogP contribution is 2.45. The Hall–Kier alpha value is -11.0. The predicted molar refractivity (Wildman–Crippen MR) is 367 cm³/mol. The molecule has 89 heavy (non-hydrogen) atoms. The third kappa shape index (κ3) is 7.58. The molecule has 0 unspecified atom stereocenters. The van der Waals surface area contributed by atoms with Crippen molar-refractivity contribution < 1.29 is 28.1 Å². The second-order valence-electron chi connectivity index (χ2n) is 23.9. The third-order valence-electron chi connectivity index (χ3n) is 19.1. The van der Waals surface area contributed by atoms with Crippen molar-refractivity contribution in [2.45, 2.75) is 0 Å². The van der Waals surface area contributed by atoms with Gasteiger partial charge in [0.25, 0.3) is 26.9 Å². The van der Waals surface area contributed by atoms with E-state index in [1.165, 1.54) is 5.46 Å². The summed E-state index contributed by atoms with van der Waals surface area (Å²) in [4.78, 5) is 0. The average molecular weight is 1130 g/mol. The van der Waals surface area contributed by atoms with Crippen LogP contribution in [-0.2, 0) is 0 Å². The highest BCUT2D eigenvalue weighted by atomic mass is 16.5. The summed E-state index contributed by atoms with van der Waals surface area (Å²) in [6.45, 7) is -1.23. The fourth-order valence-corrected chi connectivity index (χ4v) is 15.4. The molecule has 1 aromatic heterocycles. The Labute approximate surface area is 516 Å². The maximum Gasteiger partial charge on any atom is 0.256 e. The largest absolute Gasteiger partial charge is 0.459 e. The SMILES string of the molecule is c1ccc(B2c3ccccc3Oc3c4c(c5c(c32)Oc2ccccc2B5c2ccccc2)B(c2ccccc2)c2ccc(-c3cccc(B5c6ccccc6Oc6c5c5c(c7c6oc6ccccc67)B(c6ccccc6)c6ccccc6O5)c3)cc2O4)cc1. The maximum absolute atomic E-state index is 7.75. The van der Waals surface area contributed by atoms with Gasteiger partial charge in [-0.05, 0) is 91.2 Å². The van der Waals surface area contributed by atoms with Crippen molar-refractivity contribution in [2.24, 2.45) is 0 Å². The van der Waals surface area contributed by atoms with E-state index in [4.69, 9.17) is 28.1 Å². The third-order valence-corrected chi connectivity index (χ3v) is 19.1. The summed E-state index contributed by atoms with van der Waals surface area (Å²) < 4.78 is 44.2. The topological polar surface area (TPSA) is 59.3 Å². The lowest BCUT2D eigenvalue weighted by Crippen LogP contribution is -2.69. The zero-order valence-electron chi connectivity index (χ0n) is 48.0. The zero-order chi connectivity index (χ0) is 58.3. The molecular formula is C78H47B5O6. The first-order chi connectivity index (χ1) is 44.2. The molecule has 0 N–H and O–H groups in total. The number of hydrogen-bond acceptors (Lipinski definition) is 6. The molecule has 0 amide bonds. The fraction of sp³-hybridized carbons (Fsp3) is 0. The molecule has 0 aliphatic carbocycles. The van der Waals surface area contributed by atoms with Crippen molar-refractivity contribution in [3.8, 4) is 68.6 Å². The molecule has 410 valence electrons. The van der Waals surface area contributed by atoms with Crippen molar-refractivity contribution in [2.75, 3.05) is 0 Å². The second-order valence-corrected chi connectivity index (χ2v) is 23.9. The van der Waals surface area contributed by atoms with Gasteiger partial charge < -0.3 is 28.1 Å². The van der Waals surface area contributed by atoms with E-state index in [-0.39, 0.29) is 33.6 Å². The molecule has 0 saturated carbocycles. The van der Waals surface area contributed by atoms with Crippen molar-refractivity contribution >= 4 is 137 Å². The van der Waals surface area contributed by atoms with Crippen LogP contribution in [-0.4, -0.2) is 33.6 Å². The van der Waals surface area contributed by atoms with E-state index in [2.05, 4.69) is 273 Å². The lowest BCUT2D eigenvalue weighted by atomic mass is 9.26. The normalized spacial score (nSPS) is 13.5. The number of furan rings is 1. The van der Waals surface area contributed by atoms with Gasteiger partial charge in [-0.1, -0.05) is 276 Å². The summed E-state index contributed by atoms with van der Waals surface area (Å²) >= 11 is 0. The van der Waals surface area contributed by atoms with Gasteiger partial charge in [-0.3, -0.25) is 0 Å². The number of rotatable bonds is 6. The first-order valence-corrected chi connectivity index (χ1v) is 30.6. The Morgan fingerprint density at radius 2 is 0.584 bits per heavy atom. The highest BCUT2D eigenvalue weighted by molar-refractivity contribution is 7.07. The van der Waals surface area contributed by atoms with Gasteiger partial charge in [-0.25, -0.2) is 0 Å². The average Bonchev–Trinajstić information content (AvgIpc) is 1.49. The fourth-order valence-electron chi connectivity index (χ4n) is 15.4. The van der Waals surface area contributed by atoms with E-state index in [0.717, 1.165) is 144 Å². The molecule has 0 bridgehead atoms. The van der Waals surface area contributed by atoms with Crippen LogP contribution >= 0.6 is 0 Å². The Balaban J connectivity index is 0.829. The molecule has 0 spiro atoms. The van der Waals surface area contributed by atoms with Crippen LogP contribution < -0.4 is 106 Å². The van der Waals surface area contributed by atoms with Crippen molar-refractivity contribution in [1.29, 1.82) is 0 Å². The molecule has 0 fully saturated rings. The van der Waals surface area contributed by atoms with Gasteiger partial charge in [-0.2, -0.15) is 0 Å². The number of ether oxygens (including phenoxy) is 5. The molecule has 5 aliphatic heterocycles. The standard InChI is InChI=1S/C78H47B5O6/c1-5-25-50(26-6-1)79-56-35-14-19-40-62(56)85-74-68(79)67-55-34-13-18-39-61(55)84-73(67)77-71(74)83(59-38-17-22-43-65(59)87-77)54-33-23-24-48(46-54)49-44-45-60-66(47-49)89-76-70(81(60)52-29-9-3-10-30-52)69-75(86-63-41-20-15-36-57(63)80(69)51-27-7-2-8-28-51)72-78(76)88-64-42-21-16-37-58(64)82(72)53-31-11-4-12-32-53/h1-47H. The monoisotopic (exact) mass is 1130 g/mol. The zero-order valence-corrected chi connectivity index (χ0v) is 48.0. The summed E-state index contributed by atoms with van der Waals surface area (Å²) in [6.07, 6.45) is 0. The van der Waals surface area contributed by atoms with Gasteiger partial charge in [0.1, 0.15) is 45.8 Å². The van der Waals surface area contributed by atoms with Gasteiger partial charge in [0.2, 0.25) is 6.71 Å². The molecular weight excluding hydrogens is 1090 g/mol. The summed E-state index contributed by atoms with van der Waals surface area (Å²) in [5.41, 5.74) is 19.6. The lowest BCUT2D eigenvalue weighted by molar-refractivity contribution is 0.420. The molecule has 5 aliphatic rings. The smallest absolute Gasteiger partial charge is 0.256 e. The molecule has 11 heteroatoms. The summed E-state index contributed by atoms with van der Waals surface area (Å²) in [7, 11) is 0. The van der Waals surface area contributed by atoms with Crippen LogP contribution in [0.2, 0.25) is 0 Å². The number of para-hydroxylation sites is 5. The molecule has 19 rings (SSSR count). The van der Waals surface area contributed by atoms with Gasteiger partial charge >= 0.3 is 0 Å². The molecule has 0 saturated heterocycles. The van der Waals surface area contributed by atoms with E-state index in [0.29, 0.717) is 22.8 Å². The molecule has 13 aromatic carbocycles. The first-order valence-electron chi connectivity index (χ1n) is 30.6. The number of hydrogen-bond donors (Lipinski definition) is 0. The van der Waals surface area contributed by atoms with Gasteiger partial charge in [0.15, 0.2) is 22.8 Å². The second kappa shape index (κ2) is 19.8. The van der Waals surface area contributed by atoms with Gasteiger partial charge in [-0.15, -0.1) is 0 Å². The summed E-state index contributed by atoms with van der Waals surface area (Å²) in [5.74, 6) is 7.57. The summed E-state index contributed by atoms with van der Waals surface area (Å²) in [6, 6.07) is 101. The number of fused-ring (bicyclic) bond motifs is 19. The first kappa shape index (κ1) is 50.2. The van der Waals surface area contributed by atoms with Crippen LogP contribution in [0.25, 0.3) is 33.1 Å². The number of benzene rings is 13. The van der Waals surface area contributed by atoms with Crippen LogP contribution in [0.1, 0.15) is 0 Å². The van der Waals surface area contributed by atoms with E-state index in [9.17, 15) is 0 Å². The van der Waals surface area contributed by atoms with Crippen LogP contribution in [0.3, 0.4) is 0 Å². The van der Waals surface area contributed by atoms with Crippen LogP contribution in [0.5, 0.6) is 57.5 Å². The van der Waals surface area contributed by atoms with E-state index < -0.39 is 0 Å². The van der Waals surface area contributed by atoms with Crippen LogP contribution in [0, 0.1) is 0 Å². The van der Waals surface area contributed by atoms with E-state index >= 15 is 0 Å². The minimum Gasteiger partial charge on any atom is -0.459 e. The predicted octanol–water partition coefficient (Wildman–Crippen LogP) is 8.36. The Kier molecular flexibility index (Phi) is 11.1.